The topological polar surface area (TPSA) is 91.6 Å². The summed E-state index contributed by atoms with van der Waals surface area (Å²) in [7, 11) is 1.97. The highest BCUT2D eigenvalue weighted by Gasteiger charge is 2.18. The number of hydrogen-bond acceptors (Lipinski definition) is 6. The Balaban J connectivity index is 1.66. The molecular formula is C18H15N9. The molecule has 1 aromatic carbocycles. The maximum absolute atomic E-state index is 4.60. The molecule has 4 aromatic heterocycles. The molecular weight excluding hydrogens is 342 g/mol. The van der Waals surface area contributed by atoms with Crippen LogP contribution in [0.2, 0.25) is 0 Å². The fraction of sp³-hybridized carbons (Fsp3) is 0.111. The molecule has 0 N–H and O–H groups in total. The molecule has 0 bridgehead atoms. The molecule has 5 rings (SSSR count). The first-order valence-electron chi connectivity index (χ1n) is 8.39. The van der Waals surface area contributed by atoms with Gasteiger partial charge in [0.2, 0.25) is 0 Å². The van der Waals surface area contributed by atoms with Crippen LogP contribution < -0.4 is 0 Å². The molecule has 9 heteroatoms. The molecule has 5 aromatic rings. The minimum atomic E-state index is 0.625. The summed E-state index contributed by atoms with van der Waals surface area (Å²) in [5, 5.41) is 16.9. The van der Waals surface area contributed by atoms with Crippen LogP contribution in [-0.4, -0.2) is 44.1 Å². The Morgan fingerprint density at radius 2 is 1.78 bits per heavy atom. The van der Waals surface area contributed by atoms with Gasteiger partial charge in [-0.15, -0.1) is 20.4 Å². The van der Waals surface area contributed by atoms with Crippen molar-refractivity contribution in [1.29, 1.82) is 0 Å². The van der Waals surface area contributed by atoms with Gasteiger partial charge in [-0.05, 0) is 19.1 Å². The SMILES string of the molecule is Cc1nc(-c2cnc(-c3ccccc3)n2C)n(-c2ccc3nncn3n2)n1. The monoisotopic (exact) mass is 357 g/mol. The first kappa shape index (κ1) is 15.4. The van der Waals surface area contributed by atoms with E-state index in [0.717, 1.165) is 17.1 Å². The largest absolute Gasteiger partial charge is 0.325 e. The van der Waals surface area contributed by atoms with E-state index < -0.39 is 0 Å². The fourth-order valence-corrected chi connectivity index (χ4v) is 3.04. The third-order valence-corrected chi connectivity index (χ3v) is 4.33. The molecule has 0 amide bonds. The van der Waals surface area contributed by atoms with Crippen LogP contribution in [0.3, 0.4) is 0 Å². The van der Waals surface area contributed by atoms with E-state index in [1.54, 1.807) is 21.7 Å². The van der Waals surface area contributed by atoms with Crippen molar-refractivity contribution >= 4 is 5.65 Å². The third-order valence-electron chi connectivity index (χ3n) is 4.33. The third kappa shape index (κ3) is 2.48. The number of fused-ring (bicyclic) bond motifs is 1. The van der Waals surface area contributed by atoms with Crippen LogP contribution in [0.5, 0.6) is 0 Å². The maximum Gasteiger partial charge on any atom is 0.183 e. The summed E-state index contributed by atoms with van der Waals surface area (Å²) < 4.78 is 5.32. The van der Waals surface area contributed by atoms with Crippen molar-refractivity contribution in [3.8, 4) is 28.7 Å². The summed E-state index contributed by atoms with van der Waals surface area (Å²) in [4.78, 5) is 9.19. The summed E-state index contributed by atoms with van der Waals surface area (Å²) in [5.74, 6) is 2.81. The van der Waals surface area contributed by atoms with E-state index in [9.17, 15) is 0 Å². The van der Waals surface area contributed by atoms with Crippen molar-refractivity contribution < 1.29 is 0 Å². The first-order chi connectivity index (χ1) is 13.2. The molecule has 0 spiro atoms. The minimum absolute atomic E-state index is 0.625. The van der Waals surface area contributed by atoms with E-state index in [2.05, 4.69) is 30.4 Å². The van der Waals surface area contributed by atoms with E-state index in [-0.39, 0.29) is 0 Å². The molecule has 0 saturated carbocycles. The zero-order chi connectivity index (χ0) is 18.4. The number of benzene rings is 1. The molecule has 0 atom stereocenters. The summed E-state index contributed by atoms with van der Waals surface area (Å²) in [5.41, 5.74) is 2.56. The molecule has 0 saturated heterocycles. The lowest BCUT2D eigenvalue weighted by Gasteiger charge is -2.07. The van der Waals surface area contributed by atoms with Crippen molar-refractivity contribution in [3.05, 3.63) is 60.8 Å². The summed E-state index contributed by atoms with van der Waals surface area (Å²) >= 11 is 0. The lowest BCUT2D eigenvalue weighted by molar-refractivity contribution is 0.781. The zero-order valence-electron chi connectivity index (χ0n) is 14.7. The zero-order valence-corrected chi connectivity index (χ0v) is 14.7. The van der Waals surface area contributed by atoms with Gasteiger partial charge in [-0.2, -0.15) is 9.20 Å². The van der Waals surface area contributed by atoms with Gasteiger partial charge in [-0.3, -0.25) is 0 Å². The van der Waals surface area contributed by atoms with Crippen molar-refractivity contribution in [3.63, 3.8) is 0 Å². The van der Waals surface area contributed by atoms with Crippen LogP contribution in [0.1, 0.15) is 5.82 Å². The highest BCUT2D eigenvalue weighted by molar-refractivity contribution is 5.62. The maximum atomic E-state index is 4.60. The second-order valence-electron chi connectivity index (χ2n) is 6.11. The van der Waals surface area contributed by atoms with E-state index in [4.69, 9.17) is 0 Å². The second kappa shape index (κ2) is 5.84. The van der Waals surface area contributed by atoms with Gasteiger partial charge in [-0.25, -0.2) is 9.97 Å². The van der Waals surface area contributed by atoms with E-state index in [0.29, 0.717) is 23.1 Å². The highest BCUT2D eigenvalue weighted by atomic mass is 15.4. The number of hydrogen-bond donors (Lipinski definition) is 0. The van der Waals surface area contributed by atoms with E-state index in [1.165, 1.54) is 0 Å². The molecule has 0 aliphatic heterocycles. The normalized spacial score (nSPS) is 11.3. The molecule has 0 aliphatic rings. The Morgan fingerprint density at radius 3 is 2.63 bits per heavy atom. The number of rotatable bonds is 3. The first-order valence-corrected chi connectivity index (χ1v) is 8.39. The van der Waals surface area contributed by atoms with Crippen LogP contribution in [0, 0.1) is 6.92 Å². The van der Waals surface area contributed by atoms with E-state index >= 15 is 0 Å². The minimum Gasteiger partial charge on any atom is -0.325 e. The van der Waals surface area contributed by atoms with Gasteiger partial charge < -0.3 is 4.57 Å². The summed E-state index contributed by atoms with van der Waals surface area (Å²) in [6.07, 6.45) is 3.36. The van der Waals surface area contributed by atoms with Crippen LogP contribution in [-0.2, 0) is 7.05 Å². The number of aromatic nitrogens is 9. The van der Waals surface area contributed by atoms with Gasteiger partial charge in [0.25, 0.3) is 0 Å². The second-order valence-corrected chi connectivity index (χ2v) is 6.11. The van der Waals surface area contributed by atoms with Crippen molar-refractivity contribution in [2.24, 2.45) is 7.05 Å². The molecule has 9 nitrogen and oxygen atoms in total. The molecule has 0 fully saturated rings. The van der Waals surface area contributed by atoms with Gasteiger partial charge in [-0.1, -0.05) is 30.3 Å². The lowest BCUT2D eigenvalue weighted by atomic mass is 10.2. The van der Waals surface area contributed by atoms with Gasteiger partial charge in [0.1, 0.15) is 23.7 Å². The standard InChI is InChI=1S/C18H15N9/c1-12-21-18(14-10-19-17(25(14)2)13-6-4-3-5-7-13)27(23-12)16-9-8-15-22-20-11-26(15)24-16/h3-11H,1-2H3. The highest BCUT2D eigenvalue weighted by Crippen LogP contribution is 2.25. The molecule has 0 unspecified atom stereocenters. The quantitative estimate of drug-likeness (QED) is 0.491. The molecule has 132 valence electrons. The van der Waals surface area contributed by atoms with Gasteiger partial charge >= 0.3 is 0 Å². The average Bonchev–Trinajstić information content (AvgIpc) is 3.39. The number of aryl methyl sites for hydroxylation is 1. The molecule has 0 radical (unpaired) electrons. The molecule has 0 aliphatic carbocycles. The lowest BCUT2D eigenvalue weighted by Crippen LogP contribution is -2.07. The number of imidazole rings is 1. The van der Waals surface area contributed by atoms with Gasteiger partial charge in [0, 0.05) is 12.6 Å². The van der Waals surface area contributed by atoms with Gasteiger partial charge in [0.15, 0.2) is 17.3 Å². The Bertz CT molecular complexity index is 1250. The van der Waals surface area contributed by atoms with Crippen molar-refractivity contribution in [2.45, 2.75) is 6.92 Å². The Kier molecular flexibility index (Phi) is 3.32. The Hall–Kier alpha value is -3.88. The molecule has 4 heterocycles. The van der Waals surface area contributed by atoms with Gasteiger partial charge in [0.05, 0.1) is 6.20 Å². The fourth-order valence-electron chi connectivity index (χ4n) is 3.04. The van der Waals surface area contributed by atoms with Crippen molar-refractivity contribution in [1.82, 2.24) is 44.1 Å². The van der Waals surface area contributed by atoms with Crippen LogP contribution >= 0.6 is 0 Å². The smallest absolute Gasteiger partial charge is 0.183 e. The summed E-state index contributed by atoms with van der Waals surface area (Å²) in [6.45, 7) is 1.85. The van der Waals surface area contributed by atoms with E-state index in [1.807, 2.05) is 61.0 Å². The van der Waals surface area contributed by atoms with Crippen LogP contribution in [0.4, 0.5) is 0 Å². The average molecular weight is 357 g/mol. The predicted octanol–water partition coefficient (Wildman–Crippen LogP) is 2.08. The van der Waals surface area contributed by atoms with Crippen molar-refractivity contribution in [2.75, 3.05) is 0 Å². The molecule has 27 heavy (non-hydrogen) atoms. The van der Waals surface area contributed by atoms with Crippen LogP contribution in [0.15, 0.2) is 55.0 Å². The summed E-state index contributed by atoms with van der Waals surface area (Å²) in [6, 6.07) is 13.7. The van der Waals surface area contributed by atoms with Crippen LogP contribution in [0.25, 0.3) is 34.4 Å². The Morgan fingerprint density at radius 1 is 0.926 bits per heavy atom. The Labute approximate surface area is 154 Å². The predicted molar refractivity (Wildman–Crippen MR) is 98.1 cm³/mol. The number of nitrogens with zero attached hydrogens (tertiary/aromatic N) is 9.